The Kier molecular flexibility index (Phi) is 3.47. The van der Waals surface area contributed by atoms with E-state index in [0.717, 1.165) is 11.4 Å². The van der Waals surface area contributed by atoms with E-state index in [0.29, 0.717) is 5.95 Å². The van der Waals surface area contributed by atoms with Gasteiger partial charge in [-0.25, -0.2) is 0 Å². The molecule has 94 valence electrons. The normalized spacial score (nSPS) is 10.2. The van der Waals surface area contributed by atoms with E-state index in [9.17, 15) is 0 Å². The van der Waals surface area contributed by atoms with Gasteiger partial charge >= 0.3 is 0 Å². The van der Waals surface area contributed by atoms with Crippen molar-refractivity contribution in [2.75, 3.05) is 30.0 Å². The van der Waals surface area contributed by atoms with Gasteiger partial charge in [0.25, 0.3) is 0 Å². The minimum atomic E-state index is 0.0647. The number of rotatable bonds is 3. The number of nitrogen functional groups attached to an aromatic ring is 1. The molecule has 0 unspecified atom stereocenters. The van der Waals surface area contributed by atoms with Crippen molar-refractivity contribution in [1.29, 1.82) is 0 Å². The zero-order valence-electron chi connectivity index (χ0n) is 10.1. The van der Waals surface area contributed by atoms with Gasteiger partial charge in [0, 0.05) is 25.5 Å². The molecule has 2 rings (SSSR count). The Morgan fingerprint density at radius 3 is 2.33 bits per heavy atom. The van der Waals surface area contributed by atoms with E-state index in [1.165, 1.54) is 0 Å². The number of anilines is 4. The Hall–Kier alpha value is -2.08. The van der Waals surface area contributed by atoms with Crippen molar-refractivity contribution in [3.05, 3.63) is 29.5 Å². The van der Waals surface area contributed by atoms with Crippen LogP contribution in [0.5, 0.6) is 0 Å². The van der Waals surface area contributed by atoms with Gasteiger partial charge in [0.15, 0.2) is 0 Å². The first-order valence-electron chi connectivity index (χ1n) is 5.26. The first-order chi connectivity index (χ1) is 8.54. The second-order valence-corrected chi connectivity index (χ2v) is 4.19. The highest BCUT2D eigenvalue weighted by atomic mass is 35.5. The summed E-state index contributed by atoms with van der Waals surface area (Å²) in [5, 5.41) is 3.07. The van der Waals surface area contributed by atoms with Crippen molar-refractivity contribution in [3.63, 3.8) is 0 Å². The van der Waals surface area contributed by atoms with E-state index in [4.69, 9.17) is 17.3 Å². The molecule has 7 heteroatoms. The average Bonchev–Trinajstić information content (AvgIpc) is 2.28. The molecule has 2 aromatic rings. The van der Waals surface area contributed by atoms with Crippen molar-refractivity contribution < 1.29 is 0 Å². The third-order valence-electron chi connectivity index (χ3n) is 2.27. The lowest BCUT2D eigenvalue weighted by Gasteiger charge is -2.13. The third kappa shape index (κ3) is 2.98. The number of benzene rings is 1. The zero-order valence-corrected chi connectivity index (χ0v) is 10.8. The van der Waals surface area contributed by atoms with E-state index < -0.39 is 0 Å². The van der Waals surface area contributed by atoms with Gasteiger partial charge in [-0.3, -0.25) is 0 Å². The Labute approximate surface area is 110 Å². The molecule has 0 amide bonds. The second-order valence-electron chi connectivity index (χ2n) is 3.85. The maximum Gasteiger partial charge on any atom is 0.233 e. The Balaban J connectivity index is 2.18. The summed E-state index contributed by atoms with van der Waals surface area (Å²) in [6.07, 6.45) is 0. The molecule has 0 spiro atoms. The number of hydrogen-bond donors (Lipinski definition) is 2. The highest BCUT2D eigenvalue weighted by molar-refractivity contribution is 6.28. The standard InChI is InChI=1S/C11H13ClN6/c1-18(2)8-5-3-7(4-6-8)14-11-16-9(12)15-10(13)17-11/h3-6H,1-2H3,(H3,13,14,15,16,17). The summed E-state index contributed by atoms with van der Waals surface area (Å²) in [6.45, 7) is 0. The fraction of sp³-hybridized carbons (Fsp3) is 0.182. The Bertz CT molecular complexity index is 519. The Morgan fingerprint density at radius 1 is 1.11 bits per heavy atom. The summed E-state index contributed by atoms with van der Waals surface area (Å²) in [5.41, 5.74) is 7.44. The molecule has 0 aliphatic rings. The minimum absolute atomic E-state index is 0.0647. The predicted molar refractivity (Wildman–Crippen MR) is 73.3 cm³/mol. The zero-order chi connectivity index (χ0) is 13.1. The molecule has 0 saturated heterocycles. The summed E-state index contributed by atoms with van der Waals surface area (Å²) in [5.74, 6) is 0.410. The summed E-state index contributed by atoms with van der Waals surface area (Å²) >= 11 is 5.69. The van der Waals surface area contributed by atoms with Crippen LogP contribution in [0.15, 0.2) is 24.3 Å². The van der Waals surface area contributed by atoms with Crippen LogP contribution < -0.4 is 16.0 Å². The van der Waals surface area contributed by atoms with Gasteiger partial charge in [-0.15, -0.1) is 0 Å². The summed E-state index contributed by atoms with van der Waals surface area (Å²) in [7, 11) is 3.96. The van der Waals surface area contributed by atoms with Crippen molar-refractivity contribution in [3.8, 4) is 0 Å². The van der Waals surface area contributed by atoms with Crippen molar-refractivity contribution in [1.82, 2.24) is 15.0 Å². The average molecular weight is 265 g/mol. The second kappa shape index (κ2) is 5.05. The first-order valence-corrected chi connectivity index (χ1v) is 5.64. The van der Waals surface area contributed by atoms with E-state index in [1.807, 2.05) is 43.3 Å². The van der Waals surface area contributed by atoms with Crippen molar-refractivity contribution in [2.24, 2.45) is 0 Å². The quantitative estimate of drug-likeness (QED) is 0.882. The SMILES string of the molecule is CN(C)c1ccc(Nc2nc(N)nc(Cl)n2)cc1. The lowest BCUT2D eigenvalue weighted by Crippen LogP contribution is -2.08. The minimum Gasteiger partial charge on any atom is -0.378 e. The van der Waals surface area contributed by atoms with Gasteiger partial charge in [-0.05, 0) is 35.9 Å². The molecule has 0 aliphatic heterocycles. The molecule has 1 heterocycles. The van der Waals surface area contributed by atoms with Gasteiger partial charge in [0.2, 0.25) is 17.2 Å². The molecule has 0 saturated carbocycles. The number of aromatic nitrogens is 3. The molecule has 6 nitrogen and oxygen atoms in total. The number of hydrogen-bond acceptors (Lipinski definition) is 6. The van der Waals surface area contributed by atoms with Crippen LogP contribution in [0, 0.1) is 0 Å². The van der Waals surface area contributed by atoms with Crippen LogP contribution in [-0.4, -0.2) is 29.0 Å². The molecular weight excluding hydrogens is 252 g/mol. The molecule has 0 radical (unpaired) electrons. The van der Waals surface area contributed by atoms with Crippen LogP contribution in [0.2, 0.25) is 5.28 Å². The number of nitrogens with two attached hydrogens (primary N) is 1. The fourth-order valence-corrected chi connectivity index (χ4v) is 1.56. The lowest BCUT2D eigenvalue weighted by atomic mass is 10.2. The molecule has 3 N–H and O–H groups in total. The van der Waals surface area contributed by atoms with Crippen LogP contribution in [-0.2, 0) is 0 Å². The van der Waals surface area contributed by atoms with Crippen LogP contribution >= 0.6 is 11.6 Å². The monoisotopic (exact) mass is 264 g/mol. The van der Waals surface area contributed by atoms with Gasteiger partial charge in [0.05, 0.1) is 0 Å². The summed E-state index contributed by atoms with van der Waals surface area (Å²) in [4.78, 5) is 13.6. The Morgan fingerprint density at radius 2 is 1.78 bits per heavy atom. The highest BCUT2D eigenvalue weighted by Crippen LogP contribution is 2.18. The van der Waals surface area contributed by atoms with Gasteiger partial charge in [-0.2, -0.15) is 15.0 Å². The van der Waals surface area contributed by atoms with Gasteiger partial charge < -0.3 is 16.0 Å². The highest BCUT2D eigenvalue weighted by Gasteiger charge is 2.03. The third-order valence-corrected chi connectivity index (χ3v) is 2.43. The number of nitrogens with zero attached hydrogens (tertiary/aromatic N) is 4. The predicted octanol–water partition coefficient (Wildman–Crippen LogP) is 1.92. The maximum absolute atomic E-state index is 5.69. The summed E-state index contributed by atoms with van der Waals surface area (Å²) < 4.78 is 0. The largest absolute Gasteiger partial charge is 0.378 e. The molecule has 0 aliphatic carbocycles. The van der Waals surface area contributed by atoms with Crippen LogP contribution in [0.25, 0.3) is 0 Å². The van der Waals surface area contributed by atoms with E-state index >= 15 is 0 Å². The molecule has 0 fully saturated rings. The topological polar surface area (TPSA) is 80.0 Å². The van der Waals surface area contributed by atoms with E-state index in [-0.39, 0.29) is 11.2 Å². The lowest BCUT2D eigenvalue weighted by molar-refractivity contribution is 1.07. The smallest absolute Gasteiger partial charge is 0.233 e. The summed E-state index contributed by atoms with van der Waals surface area (Å²) in [6, 6.07) is 7.80. The van der Waals surface area contributed by atoms with E-state index in [2.05, 4.69) is 20.3 Å². The molecule has 1 aromatic carbocycles. The van der Waals surface area contributed by atoms with Crippen molar-refractivity contribution in [2.45, 2.75) is 0 Å². The maximum atomic E-state index is 5.69. The van der Waals surface area contributed by atoms with Crippen molar-refractivity contribution >= 4 is 34.9 Å². The molecule has 0 bridgehead atoms. The molecule has 18 heavy (non-hydrogen) atoms. The molecular formula is C11H13ClN6. The molecule has 1 aromatic heterocycles. The number of halogens is 1. The first kappa shape index (κ1) is 12.4. The van der Waals surface area contributed by atoms with Crippen LogP contribution in [0.1, 0.15) is 0 Å². The van der Waals surface area contributed by atoms with Gasteiger partial charge in [0.1, 0.15) is 0 Å². The van der Waals surface area contributed by atoms with Crippen LogP contribution in [0.3, 0.4) is 0 Å². The van der Waals surface area contributed by atoms with Gasteiger partial charge in [-0.1, -0.05) is 0 Å². The molecule has 0 atom stereocenters. The van der Waals surface area contributed by atoms with E-state index in [1.54, 1.807) is 0 Å². The van der Waals surface area contributed by atoms with Crippen LogP contribution in [0.4, 0.5) is 23.3 Å². The number of nitrogens with one attached hydrogen (secondary N) is 1. The fourth-order valence-electron chi connectivity index (χ4n) is 1.39.